The van der Waals surface area contributed by atoms with E-state index in [-0.39, 0.29) is 5.28 Å². The lowest BCUT2D eigenvalue weighted by atomic mass is 10.3. The largest absolute Gasteiger partial charge is 0.324 e. The van der Waals surface area contributed by atoms with Crippen LogP contribution in [0, 0.1) is 0 Å². The molecule has 22 heavy (non-hydrogen) atoms. The summed E-state index contributed by atoms with van der Waals surface area (Å²) >= 11 is 9.38. The molecule has 7 heteroatoms. The zero-order valence-electron chi connectivity index (χ0n) is 11.3. The monoisotopic (exact) mass is 375 g/mol. The Morgan fingerprint density at radius 1 is 0.773 bits per heavy atom. The number of aromatic nitrogens is 3. The zero-order valence-corrected chi connectivity index (χ0v) is 13.6. The second kappa shape index (κ2) is 6.72. The topological polar surface area (TPSA) is 62.7 Å². The van der Waals surface area contributed by atoms with E-state index < -0.39 is 0 Å². The molecule has 0 radical (unpaired) electrons. The highest BCUT2D eigenvalue weighted by Crippen LogP contribution is 2.20. The van der Waals surface area contributed by atoms with E-state index in [4.69, 9.17) is 11.6 Å². The van der Waals surface area contributed by atoms with Gasteiger partial charge in [-0.15, -0.1) is 0 Å². The quantitative estimate of drug-likeness (QED) is 0.686. The van der Waals surface area contributed by atoms with Gasteiger partial charge in [0.1, 0.15) is 0 Å². The van der Waals surface area contributed by atoms with E-state index in [0.717, 1.165) is 15.8 Å². The van der Waals surface area contributed by atoms with Gasteiger partial charge in [0.2, 0.25) is 17.2 Å². The molecule has 0 spiro atoms. The molecule has 3 rings (SSSR count). The molecule has 5 nitrogen and oxygen atoms in total. The van der Waals surface area contributed by atoms with Crippen LogP contribution in [0.5, 0.6) is 0 Å². The average Bonchev–Trinajstić information content (AvgIpc) is 2.47. The highest BCUT2D eigenvalue weighted by Gasteiger charge is 2.06. The first kappa shape index (κ1) is 14.7. The molecule has 3 aromatic rings. The molecule has 0 bridgehead atoms. The molecule has 110 valence electrons. The highest BCUT2D eigenvalue weighted by molar-refractivity contribution is 9.10. The van der Waals surface area contributed by atoms with E-state index in [0.29, 0.717) is 11.9 Å². The lowest BCUT2D eigenvalue weighted by molar-refractivity contribution is 1.06. The van der Waals surface area contributed by atoms with Crippen molar-refractivity contribution in [3.05, 3.63) is 64.4 Å². The van der Waals surface area contributed by atoms with Crippen LogP contribution in [0.15, 0.2) is 59.1 Å². The van der Waals surface area contributed by atoms with Crippen molar-refractivity contribution in [1.29, 1.82) is 0 Å². The second-order valence-corrected chi connectivity index (χ2v) is 5.63. The number of anilines is 4. The van der Waals surface area contributed by atoms with Crippen molar-refractivity contribution in [2.24, 2.45) is 0 Å². The van der Waals surface area contributed by atoms with Gasteiger partial charge >= 0.3 is 0 Å². The van der Waals surface area contributed by atoms with Gasteiger partial charge in [-0.05, 0) is 41.9 Å². The van der Waals surface area contributed by atoms with Gasteiger partial charge in [0.15, 0.2) is 0 Å². The fourth-order valence-electron chi connectivity index (χ4n) is 1.81. The summed E-state index contributed by atoms with van der Waals surface area (Å²) in [5.41, 5.74) is 1.72. The minimum Gasteiger partial charge on any atom is -0.324 e. The Bertz CT molecular complexity index is 782. The SMILES string of the molecule is Clc1nc(Nc2ccccc2)nc(Nc2cccc(Br)c2)n1. The number of para-hydroxylation sites is 1. The summed E-state index contributed by atoms with van der Waals surface area (Å²) in [6.07, 6.45) is 0. The molecular weight excluding hydrogens is 366 g/mol. The smallest absolute Gasteiger partial charge is 0.233 e. The van der Waals surface area contributed by atoms with Gasteiger partial charge in [0.25, 0.3) is 0 Å². The third kappa shape index (κ3) is 3.93. The molecular formula is C15H11BrClN5. The molecule has 0 unspecified atom stereocenters. The predicted octanol–water partition coefficient (Wildman–Crippen LogP) is 4.77. The second-order valence-electron chi connectivity index (χ2n) is 4.38. The number of halogens is 2. The Morgan fingerprint density at radius 2 is 1.41 bits per heavy atom. The van der Waals surface area contributed by atoms with Crippen molar-refractivity contribution in [3.8, 4) is 0 Å². The van der Waals surface area contributed by atoms with E-state index in [2.05, 4.69) is 41.5 Å². The molecule has 1 heterocycles. The summed E-state index contributed by atoms with van der Waals surface area (Å²) in [7, 11) is 0. The fourth-order valence-corrected chi connectivity index (χ4v) is 2.37. The minimum atomic E-state index is 0.117. The van der Waals surface area contributed by atoms with Crippen molar-refractivity contribution < 1.29 is 0 Å². The summed E-state index contributed by atoms with van der Waals surface area (Å²) in [6.45, 7) is 0. The molecule has 1 aromatic heterocycles. The first-order valence-electron chi connectivity index (χ1n) is 6.45. The molecule has 0 aliphatic heterocycles. The maximum Gasteiger partial charge on any atom is 0.233 e. The summed E-state index contributed by atoms with van der Waals surface area (Å²) in [5.74, 6) is 0.750. The van der Waals surface area contributed by atoms with Crippen LogP contribution >= 0.6 is 27.5 Å². The van der Waals surface area contributed by atoms with E-state index in [9.17, 15) is 0 Å². The highest BCUT2D eigenvalue weighted by atomic mass is 79.9. The summed E-state index contributed by atoms with van der Waals surface area (Å²) in [6, 6.07) is 17.3. The lowest BCUT2D eigenvalue weighted by Gasteiger charge is -2.08. The molecule has 2 N–H and O–H groups in total. The van der Waals surface area contributed by atoms with Gasteiger partial charge in [-0.2, -0.15) is 15.0 Å². The van der Waals surface area contributed by atoms with Crippen molar-refractivity contribution >= 4 is 50.8 Å². The van der Waals surface area contributed by atoms with Crippen LogP contribution < -0.4 is 10.6 Å². The molecule has 0 atom stereocenters. The van der Waals surface area contributed by atoms with Gasteiger partial charge in [0, 0.05) is 15.8 Å². The van der Waals surface area contributed by atoms with E-state index in [1.54, 1.807) is 0 Å². The minimum absolute atomic E-state index is 0.117. The van der Waals surface area contributed by atoms with E-state index in [1.165, 1.54) is 0 Å². The van der Waals surface area contributed by atoms with Crippen molar-refractivity contribution in [2.75, 3.05) is 10.6 Å². The number of nitrogens with zero attached hydrogens (tertiary/aromatic N) is 3. The fraction of sp³-hybridized carbons (Fsp3) is 0. The first-order valence-corrected chi connectivity index (χ1v) is 7.62. The van der Waals surface area contributed by atoms with Crippen LogP contribution in [0.3, 0.4) is 0 Å². The Morgan fingerprint density at radius 3 is 2.09 bits per heavy atom. The van der Waals surface area contributed by atoms with E-state index >= 15 is 0 Å². The third-order valence-corrected chi connectivity index (χ3v) is 3.38. The number of rotatable bonds is 4. The van der Waals surface area contributed by atoms with Gasteiger partial charge in [-0.3, -0.25) is 0 Å². The van der Waals surface area contributed by atoms with Gasteiger partial charge in [-0.25, -0.2) is 0 Å². The molecule has 0 aliphatic rings. The van der Waals surface area contributed by atoms with E-state index in [1.807, 2.05) is 54.6 Å². The van der Waals surface area contributed by atoms with Gasteiger partial charge in [0.05, 0.1) is 0 Å². The van der Waals surface area contributed by atoms with Gasteiger partial charge < -0.3 is 10.6 Å². The van der Waals surface area contributed by atoms with Crippen LogP contribution in [0.4, 0.5) is 23.3 Å². The number of benzene rings is 2. The Labute approximate surface area is 140 Å². The third-order valence-electron chi connectivity index (χ3n) is 2.72. The van der Waals surface area contributed by atoms with Crippen molar-refractivity contribution in [2.45, 2.75) is 0 Å². The zero-order chi connectivity index (χ0) is 15.4. The molecule has 0 amide bonds. The van der Waals surface area contributed by atoms with Crippen LogP contribution in [0.1, 0.15) is 0 Å². The van der Waals surface area contributed by atoms with Crippen LogP contribution in [0.2, 0.25) is 5.28 Å². The normalized spacial score (nSPS) is 10.3. The molecule has 0 saturated heterocycles. The number of nitrogens with one attached hydrogen (secondary N) is 2. The summed E-state index contributed by atoms with van der Waals surface area (Å²) < 4.78 is 0.959. The average molecular weight is 377 g/mol. The molecule has 2 aromatic carbocycles. The number of hydrogen-bond donors (Lipinski definition) is 2. The summed E-state index contributed by atoms with van der Waals surface area (Å²) in [4.78, 5) is 12.5. The maximum atomic E-state index is 5.96. The Hall–Kier alpha value is -2.18. The van der Waals surface area contributed by atoms with Crippen molar-refractivity contribution in [1.82, 2.24) is 15.0 Å². The molecule has 0 saturated carbocycles. The standard InChI is InChI=1S/C15H11BrClN5/c16-10-5-4-8-12(9-10)19-15-21-13(17)20-14(22-15)18-11-6-2-1-3-7-11/h1-9H,(H2,18,19,20,21,22). The van der Waals surface area contributed by atoms with Crippen LogP contribution in [-0.2, 0) is 0 Å². The predicted molar refractivity (Wildman–Crippen MR) is 92.0 cm³/mol. The maximum absolute atomic E-state index is 5.96. The molecule has 0 aliphatic carbocycles. The van der Waals surface area contributed by atoms with Crippen LogP contribution in [0.25, 0.3) is 0 Å². The Balaban J connectivity index is 1.83. The number of hydrogen-bond acceptors (Lipinski definition) is 5. The Kier molecular flexibility index (Phi) is 4.50. The summed E-state index contributed by atoms with van der Waals surface area (Å²) in [5, 5.41) is 6.30. The lowest BCUT2D eigenvalue weighted by Crippen LogP contribution is -2.03. The van der Waals surface area contributed by atoms with Crippen LogP contribution in [-0.4, -0.2) is 15.0 Å². The molecule has 0 fully saturated rings. The first-order chi connectivity index (χ1) is 10.7. The van der Waals surface area contributed by atoms with Crippen molar-refractivity contribution in [3.63, 3.8) is 0 Å². The van der Waals surface area contributed by atoms with Gasteiger partial charge in [-0.1, -0.05) is 40.2 Å².